The molecule has 0 amide bonds. The van der Waals surface area contributed by atoms with E-state index in [0.29, 0.717) is 22.7 Å². The van der Waals surface area contributed by atoms with Gasteiger partial charge in [-0.3, -0.25) is 14.5 Å². The van der Waals surface area contributed by atoms with Gasteiger partial charge in [0.15, 0.2) is 0 Å². The van der Waals surface area contributed by atoms with Crippen molar-refractivity contribution < 1.29 is 9.53 Å². The number of hydrogen-bond acceptors (Lipinski definition) is 6. The molecular formula is C27H26ClN5O4. The number of nitrogens with zero attached hydrogens (tertiary/aromatic N) is 4. The zero-order valence-electron chi connectivity index (χ0n) is 20.5. The van der Waals surface area contributed by atoms with E-state index in [2.05, 4.69) is 15.0 Å². The molecule has 0 saturated carbocycles. The lowest BCUT2D eigenvalue weighted by Gasteiger charge is -2.10. The Kier molecular flexibility index (Phi) is 8.15. The van der Waals surface area contributed by atoms with Crippen LogP contribution in [0.4, 0.5) is 5.69 Å². The van der Waals surface area contributed by atoms with Gasteiger partial charge in [0.25, 0.3) is 0 Å². The number of methoxy groups -OCH3 is 1. The van der Waals surface area contributed by atoms with Crippen molar-refractivity contribution >= 4 is 23.3 Å². The quantitative estimate of drug-likeness (QED) is 0.359. The highest BCUT2D eigenvalue weighted by Gasteiger charge is 2.09. The SMILES string of the molecule is CCn1c(=O)[nH]/c(=N\c2ccc(CCc3cncc(C(=O)OC)c3)cc2)n(Cc2ccc(Cl)cc2)c1=O. The third kappa shape index (κ3) is 6.31. The van der Waals surface area contributed by atoms with E-state index in [0.717, 1.165) is 27.7 Å². The summed E-state index contributed by atoms with van der Waals surface area (Å²) < 4.78 is 7.31. The van der Waals surface area contributed by atoms with Gasteiger partial charge in [0.1, 0.15) is 0 Å². The van der Waals surface area contributed by atoms with Gasteiger partial charge in [0.2, 0.25) is 5.62 Å². The van der Waals surface area contributed by atoms with Gasteiger partial charge < -0.3 is 4.74 Å². The van der Waals surface area contributed by atoms with Crippen LogP contribution in [0, 0.1) is 0 Å². The molecule has 0 unspecified atom stereocenters. The van der Waals surface area contributed by atoms with Crippen LogP contribution in [0.1, 0.15) is 34.0 Å². The molecule has 0 aliphatic heterocycles. The number of aromatic nitrogens is 4. The van der Waals surface area contributed by atoms with E-state index in [1.165, 1.54) is 17.9 Å². The molecule has 0 atom stereocenters. The van der Waals surface area contributed by atoms with Crippen molar-refractivity contribution in [2.75, 3.05) is 7.11 Å². The molecule has 2 heterocycles. The number of hydrogen-bond donors (Lipinski definition) is 1. The van der Waals surface area contributed by atoms with Crippen LogP contribution in [0.15, 0.2) is 81.6 Å². The lowest BCUT2D eigenvalue weighted by molar-refractivity contribution is 0.0600. The first-order valence-corrected chi connectivity index (χ1v) is 12.1. The minimum Gasteiger partial charge on any atom is -0.465 e. The van der Waals surface area contributed by atoms with Crippen molar-refractivity contribution in [3.05, 3.63) is 121 Å². The third-order valence-corrected chi connectivity index (χ3v) is 6.09. The van der Waals surface area contributed by atoms with Gasteiger partial charge >= 0.3 is 17.3 Å². The molecule has 10 heteroatoms. The molecule has 0 fully saturated rings. The Balaban J connectivity index is 1.59. The van der Waals surface area contributed by atoms with E-state index in [1.54, 1.807) is 31.3 Å². The summed E-state index contributed by atoms with van der Waals surface area (Å²) in [5.41, 5.74) is 3.04. The fourth-order valence-corrected chi connectivity index (χ4v) is 3.96. The second kappa shape index (κ2) is 11.7. The summed E-state index contributed by atoms with van der Waals surface area (Å²) in [4.78, 5) is 48.6. The molecule has 2 aromatic carbocycles. The Morgan fingerprint density at radius 3 is 2.32 bits per heavy atom. The van der Waals surface area contributed by atoms with Crippen molar-refractivity contribution in [3.8, 4) is 0 Å². The van der Waals surface area contributed by atoms with Crippen LogP contribution in [0.25, 0.3) is 0 Å². The van der Waals surface area contributed by atoms with Crippen LogP contribution in [-0.2, 0) is 30.7 Å². The summed E-state index contributed by atoms with van der Waals surface area (Å²) >= 11 is 5.99. The van der Waals surface area contributed by atoms with Gasteiger partial charge in [-0.2, -0.15) is 0 Å². The number of aromatic amines is 1. The van der Waals surface area contributed by atoms with Crippen molar-refractivity contribution in [1.29, 1.82) is 0 Å². The van der Waals surface area contributed by atoms with Crippen LogP contribution in [0.2, 0.25) is 5.02 Å². The number of carbonyl (C=O) groups is 1. The maximum Gasteiger partial charge on any atom is 0.339 e. The molecule has 0 aliphatic rings. The Labute approximate surface area is 217 Å². The molecule has 9 nitrogen and oxygen atoms in total. The molecule has 0 spiro atoms. The monoisotopic (exact) mass is 519 g/mol. The second-order valence-corrected chi connectivity index (χ2v) is 8.78. The highest BCUT2D eigenvalue weighted by molar-refractivity contribution is 6.30. The number of aryl methyl sites for hydroxylation is 2. The predicted molar refractivity (Wildman–Crippen MR) is 140 cm³/mol. The van der Waals surface area contributed by atoms with Gasteiger partial charge in [-0.15, -0.1) is 0 Å². The van der Waals surface area contributed by atoms with Gasteiger partial charge in [-0.1, -0.05) is 35.9 Å². The average molecular weight is 520 g/mol. The first-order valence-electron chi connectivity index (χ1n) is 11.7. The lowest BCUT2D eigenvalue weighted by atomic mass is 10.0. The van der Waals surface area contributed by atoms with E-state index in [-0.39, 0.29) is 18.7 Å². The van der Waals surface area contributed by atoms with E-state index >= 15 is 0 Å². The molecule has 4 aromatic rings. The smallest absolute Gasteiger partial charge is 0.339 e. The molecular weight excluding hydrogens is 494 g/mol. The van der Waals surface area contributed by atoms with Crippen molar-refractivity contribution in [1.82, 2.24) is 19.1 Å². The van der Waals surface area contributed by atoms with Gasteiger partial charge in [-0.05, 0) is 66.8 Å². The molecule has 37 heavy (non-hydrogen) atoms. The van der Waals surface area contributed by atoms with Gasteiger partial charge in [0, 0.05) is 24.0 Å². The predicted octanol–water partition coefficient (Wildman–Crippen LogP) is 3.26. The Bertz CT molecular complexity index is 1590. The summed E-state index contributed by atoms with van der Waals surface area (Å²) in [5, 5.41) is 0.596. The number of H-pyrrole nitrogens is 1. The van der Waals surface area contributed by atoms with Crippen molar-refractivity contribution in [2.45, 2.75) is 32.9 Å². The Morgan fingerprint density at radius 2 is 1.65 bits per heavy atom. The summed E-state index contributed by atoms with van der Waals surface area (Å²) in [6, 6.07) is 16.4. The standard InChI is InChI=1S/C27H26ClN5O4/c1-3-32-26(35)31-25(33(27(32)36)17-19-6-10-22(28)11-7-19)30-23-12-8-18(9-13-23)4-5-20-14-21(16-29-15-20)24(34)37-2/h6-16H,3-5,17H2,1-2H3,(H,30,31,35). The Morgan fingerprint density at radius 1 is 0.973 bits per heavy atom. The third-order valence-electron chi connectivity index (χ3n) is 5.84. The molecule has 190 valence electrons. The lowest BCUT2D eigenvalue weighted by Crippen LogP contribution is -2.49. The molecule has 0 bridgehead atoms. The number of carbonyl (C=O) groups excluding carboxylic acids is 1. The van der Waals surface area contributed by atoms with E-state index in [4.69, 9.17) is 16.3 Å². The number of rotatable bonds is 8. The molecule has 4 rings (SSSR count). The van der Waals surface area contributed by atoms with Crippen molar-refractivity contribution in [2.24, 2.45) is 4.99 Å². The van der Waals surface area contributed by atoms with E-state index < -0.39 is 17.3 Å². The summed E-state index contributed by atoms with van der Waals surface area (Å²) in [6.45, 7) is 2.20. The highest BCUT2D eigenvalue weighted by Crippen LogP contribution is 2.15. The molecule has 0 aliphatic carbocycles. The fourth-order valence-electron chi connectivity index (χ4n) is 3.84. The largest absolute Gasteiger partial charge is 0.465 e. The van der Waals surface area contributed by atoms with Crippen LogP contribution < -0.4 is 17.0 Å². The average Bonchev–Trinajstić information content (AvgIpc) is 2.91. The number of esters is 1. The van der Waals surface area contributed by atoms with E-state index in [1.807, 2.05) is 36.4 Å². The summed E-state index contributed by atoms with van der Waals surface area (Å²) in [6.07, 6.45) is 4.63. The Hall–Kier alpha value is -4.24. The molecule has 0 saturated heterocycles. The zero-order valence-corrected chi connectivity index (χ0v) is 21.2. The topological polar surface area (TPSA) is 111 Å². The van der Waals surface area contributed by atoms with Gasteiger partial charge in [0.05, 0.1) is 24.9 Å². The minimum absolute atomic E-state index is 0.160. The summed E-state index contributed by atoms with van der Waals surface area (Å²) in [5.74, 6) is -0.418. The number of ether oxygens (including phenoxy) is 1. The highest BCUT2D eigenvalue weighted by atomic mass is 35.5. The second-order valence-electron chi connectivity index (χ2n) is 8.34. The van der Waals surface area contributed by atoms with Crippen molar-refractivity contribution in [3.63, 3.8) is 0 Å². The van der Waals surface area contributed by atoms with E-state index in [9.17, 15) is 14.4 Å². The van der Waals surface area contributed by atoms with Crippen LogP contribution >= 0.6 is 11.6 Å². The van der Waals surface area contributed by atoms with Crippen LogP contribution in [0.3, 0.4) is 0 Å². The molecule has 1 N–H and O–H groups in total. The first kappa shape index (κ1) is 25.8. The first-order chi connectivity index (χ1) is 17.9. The number of nitrogens with one attached hydrogen (secondary N) is 1. The number of halogens is 1. The van der Waals surface area contributed by atoms with Crippen LogP contribution in [-0.4, -0.2) is 32.2 Å². The van der Waals surface area contributed by atoms with Crippen LogP contribution in [0.5, 0.6) is 0 Å². The zero-order chi connectivity index (χ0) is 26.4. The number of pyridine rings is 1. The maximum absolute atomic E-state index is 13.0. The normalized spacial score (nSPS) is 11.5. The fraction of sp³-hybridized carbons (Fsp3) is 0.222. The van der Waals surface area contributed by atoms with Gasteiger partial charge in [-0.25, -0.2) is 23.9 Å². The summed E-state index contributed by atoms with van der Waals surface area (Å²) in [7, 11) is 1.34. The molecule has 2 aromatic heterocycles. The maximum atomic E-state index is 13.0. The molecule has 0 radical (unpaired) electrons. The minimum atomic E-state index is -0.516. The number of benzene rings is 2.